The molecule has 188 valence electrons. The molecule has 0 unspecified atom stereocenters. The van der Waals surface area contributed by atoms with Crippen LogP contribution in [0.4, 0.5) is 5.69 Å². The van der Waals surface area contributed by atoms with Crippen LogP contribution in [-0.4, -0.2) is 32.0 Å². The van der Waals surface area contributed by atoms with Crippen LogP contribution in [0.3, 0.4) is 0 Å². The molecule has 4 aromatic rings. The first kappa shape index (κ1) is 25.2. The number of benzene rings is 2. The largest absolute Gasteiger partial charge is 0.352 e. The highest BCUT2D eigenvalue weighted by Crippen LogP contribution is 2.39. The van der Waals surface area contributed by atoms with Gasteiger partial charge in [0.1, 0.15) is 0 Å². The van der Waals surface area contributed by atoms with Gasteiger partial charge in [0.15, 0.2) is 5.11 Å². The molecule has 0 radical (unpaired) electrons. The summed E-state index contributed by atoms with van der Waals surface area (Å²) >= 11 is 9.40. The molecule has 8 heteroatoms. The molecular weight excluding hydrogens is 546 g/mol. The minimum atomic E-state index is -0.156. The number of carbonyl (C=O) groups excluding carboxylic acids is 1. The van der Waals surface area contributed by atoms with Crippen LogP contribution in [0.1, 0.15) is 41.0 Å². The van der Waals surface area contributed by atoms with Gasteiger partial charge in [0, 0.05) is 46.9 Å². The van der Waals surface area contributed by atoms with Gasteiger partial charge in [0.25, 0.3) is 0 Å². The van der Waals surface area contributed by atoms with Crippen LogP contribution in [0.5, 0.6) is 0 Å². The molecule has 2 aromatic carbocycles. The van der Waals surface area contributed by atoms with Crippen LogP contribution in [-0.2, 0) is 4.79 Å². The summed E-state index contributed by atoms with van der Waals surface area (Å²) < 4.78 is 3.18. The predicted molar refractivity (Wildman–Crippen MR) is 155 cm³/mol. The Kier molecular flexibility index (Phi) is 7.39. The molecule has 2 atom stereocenters. The van der Waals surface area contributed by atoms with Gasteiger partial charge in [0.2, 0.25) is 5.91 Å². The lowest BCUT2D eigenvalue weighted by Crippen LogP contribution is -2.33. The van der Waals surface area contributed by atoms with Crippen molar-refractivity contribution in [3.63, 3.8) is 0 Å². The first-order chi connectivity index (χ1) is 17.9. The third kappa shape index (κ3) is 5.45. The van der Waals surface area contributed by atoms with E-state index in [1.807, 2.05) is 68.4 Å². The molecule has 37 heavy (non-hydrogen) atoms. The van der Waals surface area contributed by atoms with Gasteiger partial charge in [-0.05, 0) is 85.7 Å². The lowest BCUT2D eigenvalue weighted by atomic mass is 10.0. The molecule has 0 bridgehead atoms. The molecule has 0 aliphatic carbocycles. The number of hydrogen-bond acceptors (Lipinski definition) is 3. The van der Waals surface area contributed by atoms with Crippen molar-refractivity contribution < 1.29 is 4.79 Å². The van der Waals surface area contributed by atoms with Gasteiger partial charge in [-0.2, -0.15) is 0 Å². The molecule has 6 nitrogen and oxygen atoms in total. The number of aryl methyl sites for hydroxylation is 2. The number of pyridine rings is 1. The summed E-state index contributed by atoms with van der Waals surface area (Å²) in [7, 11) is 0. The molecule has 0 spiro atoms. The lowest BCUT2D eigenvalue weighted by molar-refractivity contribution is -0.116. The summed E-state index contributed by atoms with van der Waals surface area (Å²) in [5.74, 6) is -0.0427. The minimum absolute atomic E-state index is 0.0427. The summed E-state index contributed by atoms with van der Waals surface area (Å²) in [6.07, 6.45) is 4.16. The van der Waals surface area contributed by atoms with E-state index in [4.69, 9.17) is 12.2 Å². The second kappa shape index (κ2) is 10.9. The number of nitrogens with one attached hydrogen (secondary N) is 2. The smallest absolute Gasteiger partial charge is 0.226 e. The molecular formula is C29H28BrN5OS. The van der Waals surface area contributed by atoms with Crippen molar-refractivity contribution in [1.29, 1.82) is 0 Å². The second-order valence-electron chi connectivity index (χ2n) is 9.22. The van der Waals surface area contributed by atoms with E-state index in [2.05, 4.69) is 65.4 Å². The molecule has 1 aliphatic heterocycles. The number of aromatic nitrogens is 2. The molecule has 3 heterocycles. The summed E-state index contributed by atoms with van der Waals surface area (Å²) in [5.41, 5.74) is 6.00. The molecule has 1 fully saturated rings. The zero-order valence-electron chi connectivity index (χ0n) is 20.7. The Hall–Kier alpha value is -3.49. The highest BCUT2D eigenvalue weighted by atomic mass is 79.9. The fourth-order valence-electron chi connectivity index (χ4n) is 4.77. The number of anilines is 1. The van der Waals surface area contributed by atoms with Gasteiger partial charge in [0.05, 0.1) is 17.8 Å². The zero-order chi connectivity index (χ0) is 25.9. The highest BCUT2D eigenvalue weighted by Gasteiger charge is 2.41. The van der Waals surface area contributed by atoms with Crippen LogP contribution < -0.4 is 10.6 Å². The van der Waals surface area contributed by atoms with E-state index in [9.17, 15) is 4.79 Å². The van der Waals surface area contributed by atoms with Crippen molar-refractivity contribution in [2.75, 3.05) is 11.9 Å². The Bertz CT molecular complexity index is 1440. The van der Waals surface area contributed by atoms with E-state index < -0.39 is 0 Å². The Morgan fingerprint density at radius 2 is 1.95 bits per heavy atom. The summed E-state index contributed by atoms with van der Waals surface area (Å²) in [5, 5.41) is 7.17. The zero-order valence-corrected chi connectivity index (χ0v) is 23.1. The SMILES string of the molecule is Cc1ccc(C)c(NC(=O)CCN2C(=S)N[C@H](c3ccccn3)[C@@H]2c2cccn2-c2cccc(Br)c2)c1. The van der Waals surface area contributed by atoms with E-state index >= 15 is 0 Å². The lowest BCUT2D eigenvalue weighted by Gasteiger charge is -2.29. The van der Waals surface area contributed by atoms with Crippen molar-refractivity contribution in [3.8, 4) is 5.69 Å². The molecule has 2 aromatic heterocycles. The number of amides is 1. The third-order valence-electron chi connectivity index (χ3n) is 6.61. The number of halogens is 1. The Morgan fingerprint density at radius 3 is 2.73 bits per heavy atom. The van der Waals surface area contributed by atoms with Crippen molar-refractivity contribution >= 4 is 44.9 Å². The topological polar surface area (TPSA) is 62.2 Å². The van der Waals surface area contributed by atoms with E-state index in [0.717, 1.165) is 38.4 Å². The van der Waals surface area contributed by atoms with E-state index in [-0.39, 0.29) is 18.0 Å². The summed E-state index contributed by atoms with van der Waals surface area (Å²) in [6.45, 7) is 4.49. The number of thiocarbonyl (C=S) groups is 1. The summed E-state index contributed by atoms with van der Waals surface area (Å²) in [6, 6.07) is 24.0. The Labute approximate surface area is 230 Å². The average molecular weight is 575 g/mol. The van der Waals surface area contributed by atoms with Crippen LogP contribution in [0.25, 0.3) is 5.69 Å². The number of carbonyl (C=O) groups is 1. The number of hydrogen-bond donors (Lipinski definition) is 2. The fraction of sp³-hybridized carbons (Fsp3) is 0.207. The molecule has 5 rings (SSSR count). The molecule has 1 saturated heterocycles. The van der Waals surface area contributed by atoms with E-state index in [0.29, 0.717) is 18.1 Å². The first-order valence-corrected chi connectivity index (χ1v) is 13.4. The average Bonchev–Trinajstić information content (AvgIpc) is 3.49. The van der Waals surface area contributed by atoms with Crippen LogP contribution in [0, 0.1) is 13.8 Å². The van der Waals surface area contributed by atoms with Gasteiger partial charge in [-0.3, -0.25) is 9.78 Å². The molecule has 1 amide bonds. The van der Waals surface area contributed by atoms with Crippen molar-refractivity contribution in [2.45, 2.75) is 32.4 Å². The monoisotopic (exact) mass is 573 g/mol. The molecule has 2 N–H and O–H groups in total. The van der Waals surface area contributed by atoms with Crippen LogP contribution >= 0.6 is 28.1 Å². The normalized spacial score (nSPS) is 17.1. The number of rotatable bonds is 7. The predicted octanol–water partition coefficient (Wildman–Crippen LogP) is 6.25. The maximum atomic E-state index is 13.0. The van der Waals surface area contributed by atoms with E-state index in [1.54, 1.807) is 6.20 Å². The summed E-state index contributed by atoms with van der Waals surface area (Å²) in [4.78, 5) is 19.7. The molecule has 0 saturated carbocycles. The Balaban J connectivity index is 1.44. The van der Waals surface area contributed by atoms with Crippen LogP contribution in [0.15, 0.2) is 89.7 Å². The van der Waals surface area contributed by atoms with Crippen molar-refractivity contribution in [2.24, 2.45) is 0 Å². The quantitative estimate of drug-likeness (QED) is 0.256. The first-order valence-electron chi connectivity index (χ1n) is 12.2. The molecule has 1 aliphatic rings. The van der Waals surface area contributed by atoms with Gasteiger partial charge in [-0.1, -0.05) is 40.2 Å². The second-order valence-corrected chi connectivity index (χ2v) is 10.5. The van der Waals surface area contributed by atoms with Gasteiger partial charge in [-0.15, -0.1) is 0 Å². The standard InChI is InChI=1S/C29H28BrN5OS/c1-19-11-12-20(2)24(17-19)32-26(36)13-16-35-28(27(33-29(35)37)23-9-3-4-14-31-23)25-10-6-15-34(25)22-8-5-7-21(30)18-22/h3-12,14-15,17-18,27-28H,13,16H2,1-2H3,(H,32,36)(H,33,37)/t27-,28+/m1/s1. The fourth-order valence-corrected chi connectivity index (χ4v) is 5.49. The van der Waals surface area contributed by atoms with E-state index in [1.165, 1.54) is 0 Å². The Morgan fingerprint density at radius 1 is 1.08 bits per heavy atom. The van der Waals surface area contributed by atoms with Gasteiger partial charge < -0.3 is 20.1 Å². The minimum Gasteiger partial charge on any atom is -0.352 e. The van der Waals surface area contributed by atoms with Gasteiger partial charge in [-0.25, -0.2) is 0 Å². The number of nitrogens with zero attached hydrogens (tertiary/aromatic N) is 3. The highest BCUT2D eigenvalue weighted by molar-refractivity contribution is 9.10. The van der Waals surface area contributed by atoms with Crippen LogP contribution in [0.2, 0.25) is 0 Å². The third-order valence-corrected chi connectivity index (χ3v) is 7.46. The maximum Gasteiger partial charge on any atom is 0.226 e. The van der Waals surface area contributed by atoms with Gasteiger partial charge >= 0.3 is 0 Å². The maximum absolute atomic E-state index is 13.0. The van der Waals surface area contributed by atoms with Crippen molar-refractivity contribution in [3.05, 3.63) is 112 Å². The van der Waals surface area contributed by atoms with Crippen molar-refractivity contribution in [1.82, 2.24) is 19.8 Å².